The van der Waals surface area contributed by atoms with Gasteiger partial charge in [-0.05, 0) is 49.7 Å². The maximum absolute atomic E-state index is 13.0. The number of Topliss-reactive ketones (excluding diaryl/α,β-unsaturated/α-hetero) is 1. The summed E-state index contributed by atoms with van der Waals surface area (Å²) >= 11 is 0. The summed E-state index contributed by atoms with van der Waals surface area (Å²) in [5.74, 6) is 0.0260. The van der Waals surface area contributed by atoms with Crippen LogP contribution < -0.4 is 14.2 Å². The van der Waals surface area contributed by atoms with E-state index in [9.17, 15) is 14.7 Å². The molecule has 33 heavy (non-hydrogen) atoms. The number of methoxy groups -OCH3 is 1. The Morgan fingerprint density at radius 2 is 1.79 bits per heavy atom. The third kappa shape index (κ3) is 4.52. The first-order chi connectivity index (χ1) is 15.9. The van der Waals surface area contributed by atoms with Crippen molar-refractivity contribution < 1.29 is 33.6 Å². The molecule has 1 amide bonds. The number of ether oxygens (including phenoxy) is 4. The van der Waals surface area contributed by atoms with Crippen LogP contribution in [0.25, 0.3) is 5.76 Å². The molecule has 2 aromatic carbocycles. The number of aliphatic hydroxyl groups excluding tert-OH is 1. The van der Waals surface area contributed by atoms with Gasteiger partial charge in [0.15, 0.2) is 11.5 Å². The molecule has 0 radical (unpaired) electrons. The number of benzene rings is 2. The zero-order valence-corrected chi connectivity index (χ0v) is 18.9. The van der Waals surface area contributed by atoms with Crippen molar-refractivity contribution in [1.82, 2.24) is 4.90 Å². The van der Waals surface area contributed by atoms with Crippen LogP contribution in [0.5, 0.6) is 17.2 Å². The van der Waals surface area contributed by atoms with Crippen molar-refractivity contribution in [2.24, 2.45) is 0 Å². The highest BCUT2D eigenvalue weighted by Gasteiger charge is 2.46. The Morgan fingerprint density at radius 3 is 2.45 bits per heavy atom. The summed E-state index contributed by atoms with van der Waals surface area (Å²) in [4.78, 5) is 27.4. The van der Waals surface area contributed by atoms with E-state index in [0.29, 0.717) is 41.6 Å². The summed E-state index contributed by atoms with van der Waals surface area (Å²) < 4.78 is 22.0. The van der Waals surface area contributed by atoms with Gasteiger partial charge in [-0.3, -0.25) is 9.59 Å². The van der Waals surface area contributed by atoms with Gasteiger partial charge in [0, 0.05) is 19.2 Å². The number of carbonyl (C=O) groups is 2. The second kappa shape index (κ2) is 9.54. The number of likely N-dealkylation sites (tertiary alicyclic amines) is 1. The van der Waals surface area contributed by atoms with E-state index < -0.39 is 17.7 Å². The van der Waals surface area contributed by atoms with Crippen LogP contribution in [-0.2, 0) is 14.3 Å². The highest BCUT2D eigenvalue weighted by molar-refractivity contribution is 6.46. The SMILES string of the molecule is COCCN1C(=O)C(=O)/C(=C(\O)c2ccc3c(c2)OCCO3)C1c1ccc(OC(C)C)cc1. The molecule has 0 bridgehead atoms. The normalized spacial score (nSPS) is 19.3. The Bertz CT molecular complexity index is 1070. The number of amides is 1. The number of hydrogen-bond acceptors (Lipinski definition) is 7. The van der Waals surface area contributed by atoms with E-state index in [1.165, 1.54) is 12.0 Å². The van der Waals surface area contributed by atoms with Crippen LogP contribution in [0.15, 0.2) is 48.0 Å². The first-order valence-electron chi connectivity index (χ1n) is 10.8. The van der Waals surface area contributed by atoms with E-state index in [2.05, 4.69) is 0 Å². The Labute approximate surface area is 192 Å². The Balaban J connectivity index is 1.78. The zero-order chi connectivity index (χ0) is 23.5. The fourth-order valence-corrected chi connectivity index (χ4v) is 3.99. The summed E-state index contributed by atoms with van der Waals surface area (Å²) in [5.41, 5.74) is 1.07. The topological polar surface area (TPSA) is 94.5 Å². The molecule has 1 unspecified atom stereocenters. The van der Waals surface area contributed by atoms with Gasteiger partial charge in [-0.1, -0.05) is 12.1 Å². The third-order valence-electron chi connectivity index (χ3n) is 5.46. The molecular weight excluding hydrogens is 426 g/mol. The maximum atomic E-state index is 13.0. The number of carbonyl (C=O) groups excluding carboxylic acids is 2. The number of ketones is 1. The minimum absolute atomic E-state index is 0.0124. The molecule has 2 aliphatic heterocycles. The van der Waals surface area contributed by atoms with Crippen molar-refractivity contribution >= 4 is 17.4 Å². The Hall–Kier alpha value is -3.52. The van der Waals surface area contributed by atoms with Crippen molar-refractivity contribution in [2.45, 2.75) is 26.0 Å². The molecule has 8 heteroatoms. The Kier molecular flexibility index (Phi) is 6.55. The van der Waals surface area contributed by atoms with Crippen molar-refractivity contribution in [3.05, 3.63) is 59.2 Å². The van der Waals surface area contributed by atoms with Crippen LogP contribution in [0.3, 0.4) is 0 Å². The molecule has 1 fully saturated rings. The van der Waals surface area contributed by atoms with Crippen LogP contribution in [0.2, 0.25) is 0 Å². The van der Waals surface area contributed by atoms with Crippen LogP contribution in [0, 0.1) is 0 Å². The molecule has 0 aliphatic carbocycles. The fourth-order valence-electron chi connectivity index (χ4n) is 3.99. The quantitative estimate of drug-likeness (QED) is 0.390. The predicted molar refractivity (Wildman–Crippen MR) is 121 cm³/mol. The number of rotatable bonds is 7. The van der Waals surface area contributed by atoms with Crippen LogP contribution in [0.4, 0.5) is 0 Å². The number of fused-ring (bicyclic) bond motifs is 1. The van der Waals surface area contributed by atoms with Crippen LogP contribution in [-0.4, -0.2) is 61.3 Å². The van der Waals surface area contributed by atoms with Gasteiger partial charge in [0.2, 0.25) is 0 Å². The molecule has 174 valence electrons. The number of aliphatic hydroxyl groups is 1. The van der Waals surface area contributed by atoms with Crippen molar-refractivity contribution in [2.75, 3.05) is 33.5 Å². The lowest BCUT2D eigenvalue weighted by molar-refractivity contribution is -0.140. The van der Waals surface area contributed by atoms with E-state index in [-0.39, 0.29) is 30.6 Å². The molecule has 1 saturated heterocycles. The zero-order valence-electron chi connectivity index (χ0n) is 18.9. The van der Waals surface area contributed by atoms with Gasteiger partial charge in [-0.15, -0.1) is 0 Å². The lowest BCUT2D eigenvalue weighted by Crippen LogP contribution is -2.32. The summed E-state index contributed by atoms with van der Waals surface area (Å²) in [7, 11) is 1.53. The standard InChI is InChI=1S/C25H27NO7/c1-15(2)33-18-7-4-16(5-8-18)22-21(24(28)25(29)26(22)10-11-30-3)23(27)17-6-9-19-20(14-17)32-13-12-31-19/h4-9,14-15,22,27H,10-13H2,1-3H3/b23-21-. The Morgan fingerprint density at radius 1 is 1.09 bits per heavy atom. The van der Waals surface area contributed by atoms with Gasteiger partial charge < -0.3 is 29.0 Å². The second-order valence-corrected chi connectivity index (χ2v) is 8.08. The lowest BCUT2D eigenvalue weighted by Gasteiger charge is -2.25. The van der Waals surface area contributed by atoms with Gasteiger partial charge in [0.05, 0.1) is 24.3 Å². The molecule has 2 aromatic rings. The smallest absolute Gasteiger partial charge is 0.295 e. The van der Waals surface area contributed by atoms with E-state index in [1.807, 2.05) is 13.8 Å². The fraction of sp³-hybridized carbons (Fsp3) is 0.360. The van der Waals surface area contributed by atoms with E-state index in [4.69, 9.17) is 18.9 Å². The second-order valence-electron chi connectivity index (χ2n) is 8.08. The first-order valence-corrected chi connectivity index (χ1v) is 10.8. The molecule has 2 aliphatic rings. The van der Waals surface area contributed by atoms with E-state index in [1.54, 1.807) is 42.5 Å². The van der Waals surface area contributed by atoms with E-state index in [0.717, 1.165) is 0 Å². The molecule has 0 spiro atoms. The van der Waals surface area contributed by atoms with Gasteiger partial charge >= 0.3 is 0 Å². The lowest BCUT2D eigenvalue weighted by atomic mass is 9.95. The first kappa shape index (κ1) is 22.7. The summed E-state index contributed by atoms with van der Waals surface area (Å²) in [6.45, 7) is 5.15. The molecule has 0 aromatic heterocycles. The maximum Gasteiger partial charge on any atom is 0.295 e. The molecule has 2 heterocycles. The average molecular weight is 453 g/mol. The number of nitrogens with zero attached hydrogens (tertiary/aromatic N) is 1. The van der Waals surface area contributed by atoms with Gasteiger partial charge in [0.25, 0.3) is 11.7 Å². The van der Waals surface area contributed by atoms with Gasteiger partial charge in [-0.25, -0.2) is 0 Å². The largest absolute Gasteiger partial charge is 0.507 e. The van der Waals surface area contributed by atoms with Crippen molar-refractivity contribution in [3.63, 3.8) is 0 Å². The molecule has 4 rings (SSSR count). The summed E-state index contributed by atoms with van der Waals surface area (Å²) in [6, 6.07) is 11.3. The van der Waals surface area contributed by atoms with Gasteiger partial charge in [0.1, 0.15) is 24.7 Å². The van der Waals surface area contributed by atoms with Crippen LogP contribution >= 0.6 is 0 Å². The average Bonchev–Trinajstić information content (AvgIpc) is 3.07. The summed E-state index contributed by atoms with van der Waals surface area (Å²) in [6.07, 6.45) is 0.0124. The third-order valence-corrected chi connectivity index (χ3v) is 5.46. The van der Waals surface area contributed by atoms with Crippen molar-refractivity contribution in [3.8, 4) is 17.2 Å². The highest BCUT2D eigenvalue weighted by Crippen LogP contribution is 2.41. The van der Waals surface area contributed by atoms with E-state index >= 15 is 0 Å². The monoisotopic (exact) mass is 453 g/mol. The van der Waals surface area contributed by atoms with Gasteiger partial charge in [-0.2, -0.15) is 0 Å². The highest BCUT2D eigenvalue weighted by atomic mass is 16.6. The molecule has 8 nitrogen and oxygen atoms in total. The number of hydrogen-bond donors (Lipinski definition) is 1. The van der Waals surface area contributed by atoms with Crippen molar-refractivity contribution in [1.29, 1.82) is 0 Å². The molecule has 1 N–H and O–H groups in total. The van der Waals surface area contributed by atoms with Crippen LogP contribution in [0.1, 0.15) is 31.0 Å². The summed E-state index contributed by atoms with van der Waals surface area (Å²) in [5, 5.41) is 11.2. The minimum atomic E-state index is -0.763. The minimum Gasteiger partial charge on any atom is -0.507 e. The predicted octanol–water partition coefficient (Wildman–Crippen LogP) is 3.31. The molecule has 0 saturated carbocycles. The molecular formula is C25H27NO7. The molecule has 1 atom stereocenters.